The van der Waals surface area contributed by atoms with Crippen molar-refractivity contribution in [2.45, 2.75) is 38.4 Å². The fraction of sp³-hybridized carbons (Fsp3) is 0.571. The maximum Gasteiger partial charge on any atom is 0.129 e. The molecule has 1 aromatic carbocycles. The van der Waals surface area contributed by atoms with Crippen LogP contribution in [0.1, 0.15) is 38.4 Å². The van der Waals surface area contributed by atoms with Crippen LogP contribution in [0.2, 0.25) is 0 Å². The largest absolute Gasteiger partial charge is 0.364 e. The highest BCUT2D eigenvalue weighted by Gasteiger charge is 2.35. The quantitative estimate of drug-likeness (QED) is 0.895. The SMILES string of the molecule is CCC1(CC)CNCC(c2cc(F)ccc2F)O1. The van der Waals surface area contributed by atoms with Gasteiger partial charge in [0, 0.05) is 18.7 Å². The van der Waals surface area contributed by atoms with Crippen molar-refractivity contribution in [1.82, 2.24) is 5.32 Å². The van der Waals surface area contributed by atoms with Crippen LogP contribution >= 0.6 is 0 Å². The van der Waals surface area contributed by atoms with Crippen molar-refractivity contribution < 1.29 is 13.5 Å². The Morgan fingerprint density at radius 2 is 2.06 bits per heavy atom. The summed E-state index contributed by atoms with van der Waals surface area (Å²) in [7, 11) is 0. The third-order valence-corrected chi connectivity index (χ3v) is 3.76. The maximum absolute atomic E-state index is 13.7. The van der Waals surface area contributed by atoms with Crippen molar-refractivity contribution in [3.63, 3.8) is 0 Å². The molecule has 0 bridgehead atoms. The standard InChI is InChI=1S/C14H19F2NO/c1-3-14(4-2)9-17-8-13(18-14)11-7-10(15)5-6-12(11)16/h5-7,13,17H,3-4,8-9H2,1-2H3. The van der Waals surface area contributed by atoms with Crippen LogP contribution in [0, 0.1) is 11.6 Å². The Balaban J connectivity index is 2.25. The van der Waals surface area contributed by atoms with Crippen molar-refractivity contribution >= 4 is 0 Å². The Morgan fingerprint density at radius 1 is 1.33 bits per heavy atom. The average Bonchev–Trinajstić information content (AvgIpc) is 2.41. The van der Waals surface area contributed by atoms with E-state index in [1.807, 2.05) is 0 Å². The molecule has 1 heterocycles. The number of hydrogen-bond acceptors (Lipinski definition) is 2. The molecule has 0 aromatic heterocycles. The van der Waals surface area contributed by atoms with Gasteiger partial charge in [-0.2, -0.15) is 0 Å². The molecule has 1 aromatic rings. The zero-order chi connectivity index (χ0) is 13.2. The number of rotatable bonds is 3. The maximum atomic E-state index is 13.7. The summed E-state index contributed by atoms with van der Waals surface area (Å²) in [5.74, 6) is -0.842. The minimum atomic E-state index is -0.431. The molecule has 0 radical (unpaired) electrons. The molecule has 100 valence electrons. The smallest absolute Gasteiger partial charge is 0.129 e. The van der Waals surface area contributed by atoms with E-state index in [0.29, 0.717) is 12.1 Å². The highest BCUT2D eigenvalue weighted by atomic mass is 19.1. The predicted molar refractivity (Wildman–Crippen MR) is 66.4 cm³/mol. The Hall–Kier alpha value is -1.00. The molecule has 0 aliphatic carbocycles. The van der Waals surface area contributed by atoms with Gasteiger partial charge in [-0.1, -0.05) is 13.8 Å². The first kappa shape index (κ1) is 13.4. The van der Waals surface area contributed by atoms with Crippen molar-refractivity contribution in [2.24, 2.45) is 0 Å². The van der Waals surface area contributed by atoms with Crippen LogP contribution in [0.15, 0.2) is 18.2 Å². The van der Waals surface area contributed by atoms with Gasteiger partial charge in [0.2, 0.25) is 0 Å². The van der Waals surface area contributed by atoms with Gasteiger partial charge >= 0.3 is 0 Å². The molecule has 1 aliphatic rings. The van der Waals surface area contributed by atoms with Crippen molar-refractivity contribution in [3.8, 4) is 0 Å². The van der Waals surface area contributed by atoms with Crippen LogP contribution in [0.5, 0.6) is 0 Å². The van der Waals surface area contributed by atoms with Gasteiger partial charge in [-0.15, -0.1) is 0 Å². The predicted octanol–water partition coefficient (Wildman–Crippen LogP) is 3.18. The Kier molecular flexibility index (Phi) is 3.97. The van der Waals surface area contributed by atoms with Crippen molar-refractivity contribution in [3.05, 3.63) is 35.4 Å². The summed E-state index contributed by atoms with van der Waals surface area (Å²) in [5.41, 5.74) is 0.0234. The number of nitrogens with one attached hydrogen (secondary N) is 1. The first-order valence-corrected chi connectivity index (χ1v) is 6.43. The van der Waals surface area contributed by atoms with Gasteiger partial charge < -0.3 is 10.1 Å². The number of benzene rings is 1. The summed E-state index contributed by atoms with van der Waals surface area (Å²) in [4.78, 5) is 0. The van der Waals surface area contributed by atoms with Crippen LogP contribution in [0.3, 0.4) is 0 Å². The van der Waals surface area contributed by atoms with Crippen molar-refractivity contribution in [1.29, 1.82) is 0 Å². The van der Waals surface area contributed by atoms with E-state index in [0.717, 1.165) is 31.5 Å². The summed E-state index contributed by atoms with van der Waals surface area (Å²) < 4.78 is 33.0. The molecule has 18 heavy (non-hydrogen) atoms. The molecule has 1 atom stereocenters. The van der Waals surface area contributed by atoms with Gasteiger partial charge in [0.15, 0.2) is 0 Å². The van der Waals surface area contributed by atoms with E-state index in [1.165, 1.54) is 6.07 Å². The second kappa shape index (κ2) is 5.33. The van der Waals surface area contributed by atoms with Crippen LogP contribution in [-0.2, 0) is 4.74 Å². The van der Waals surface area contributed by atoms with Gasteiger partial charge in [-0.3, -0.25) is 0 Å². The highest BCUT2D eigenvalue weighted by molar-refractivity contribution is 5.22. The van der Waals surface area contributed by atoms with Gasteiger partial charge in [-0.25, -0.2) is 8.78 Å². The Labute approximate surface area is 106 Å². The van der Waals surface area contributed by atoms with E-state index in [9.17, 15) is 8.78 Å². The lowest BCUT2D eigenvalue weighted by molar-refractivity contribution is -0.123. The number of halogens is 2. The molecule has 1 saturated heterocycles. The summed E-state index contributed by atoms with van der Waals surface area (Å²) >= 11 is 0. The third kappa shape index (κ3) is 2.54. The van der Waals surface area contributed by atoms with Gasteiger partial charge in [-0.05, 0) is 31.0 Å². The van der Waals surface area contributed by atoms with Crippen LogP contribution in [-0.4, -0.2) is 18.7 Å². The van der Waals surface area contributed by atoms with E-state index in [2.05, 4.69) is 19.2 Å². The van der Waals surface area contributed by atoms with Crippen LogP contribution in [0.25, 0.3) is 0 Å². The lowest BCUT2D eigenvalue weighted by Crippen LogP contribution is -2.50. The minimum Gasteiger partial charge on any atom is -0.364 e. The van der Waals surface area contributed by atoms with E-state index in [-0.39, 0.29) is 5.60 Å². The van der Waals surface area contributed by atoms with Crippen molar-refractivity contribution in [2.75, 3.05) is 13.1 Å². The third-order valence-electron chi connectivity index (χ3n) is 3.76. The second-order valence-corrected chi connectivity index (χ2v) is 4.79. The van der Waals surface area contributed by atoms with Gasteiger partial charge in [0.1, 0.15) is 11.6 Å². The highest BCUT2D eigenvalue weighted by Crippen LogP contribution is 2.33. The first-order valence-electron chi connectivity index (χ1n) is 6.43. The first-order chi connectivity index (χ1) is 8.60. The molecule has 2 rings (SSSR count). The van der Waals surface area contributed by atoms with E-state index in [4.69, 9.17) is 4.74 Å². The summed E-state index contributed by atoms with van der Waals surface area (Å²) in [5, 5.41) is 3.26. The molecule has 2 nitrogen and oxygen atoms in total. The number of hydrogen-bond donors (Lipinski definition) is 1. The van der Waals surface area contributed by atoms with E-state index < -0.39 is 17.7 Å². The Bertz CT molecular complexity index is 418. The molecule has 0 spiro atoms. The molecule has 0 amide bonds. The van der Waals surface area contributed by atoms with E-state index in [1.54, 1.807) is 0 Å². The lowest BCUT2D eigenvalue weighted by atomic mass is 9.93. The molecule has 1 unspecified atom stereocenters. The summed E-state index contributed by atoms with van der Waals surface area (Å²) in [6, 6.07) is 3.51. The Morgan fingerprint density at radius 3 is 2.72 bits per heavy atom. The molecule has 1 aliphatic heterocycles. The monoisotopic (exact) mass is 255 g/mol. The van der Waals surface area contributed by atoms with Gasteiger partial charge in [0.05, 0.1) is 11.7 Å². The number of morpholine rings is 1. The topological polar surface area (TPSA) is 21.3 Å². The number of ether oxygens (including phenoxy) is 1. The van der Waals surface area contributed by atoms with E-state index >= 15 is 0 Å². The molecule has 1 N–H and O–H groups in total. The fourth-order valence-electron chi connectivity index (χ4n) is 2.42. The second-order valence-electron chi connectivity index (χ2n) is 4.79. The van der Waals surface area contributed by atoms with Crippen LogP contribution < -0.4 is 5.32 Å². The normalized spacial score (nSPS) is 23.0. The van der Waals surface area contributed by atoms with Crippen LogP contribution in [0.4, 0.5) is 8.78 Å². The molecule has 4 heteroatoms. The zero-order valence-corrected chi connectivity index (χ0v) is 10.8. The average molecular weight is 255 g/mol. The summed E-state index contributed by atoms with van der Waals surface area (Å²) in [6.45, 7) is 5.38. The minimum absolute atomic E-state index is 0.276. The summed E-state index contributed by atoms with van der Waals surface area (Å²) in [6.07, 6.45) is 1.28. The molecule has 0 saturated carbocycles. The molecule has 1 fully saturated rings. The fourth-order valence-corrected chi connectivity index (χ4v) is 2.42. The van der Waals surface area contributed by atoms with Gasteiger partial charge in [0.25, 0.3) is 0 Å². The zero-order valence-electron chi connectivity index (χ0n) is 10.8. The molecular weight excluding hydrogens is 236 g/mol. The lowest BCUT2D eigenvalue weighted by Gasteiger charge is -2.41. The molecular formula is C14H19F2NO.